The average molecular weight is 176 g/mol. The maximum atomic E-state index is 4.04. The third kappa shape index (κ3) is 2.00. The molecule has 0 saturated heterocycles. The lowest BCUT2D eigenvalue weighted by Gasteiger charge is -2.28. The van der Waals surface area contributed by atoms with Crippen LogP contribution in [0.1, 0.15) is 31.9 Å². The van der Waals surface area contributed by atoms with Crippen molar-refractivity contribution in [3.8, 4) is 0 Å². The third-order valence-corrected chi connectivity index (χ3v) is 2.79. The number of H-pyrrole nitrogens is 1. The zero-order valence-corrected chi connectivity index (χ0v) is 8.09. The van der Waals surface area contributed by atoms with E-state index in [-0.39, 0.29) is 0 Å². The van der Waals surface area contributed by atoms with Crippen molar-refractivity contribution in [2.45, 2.75) is 32.6 Å². The van der Waals surface area contributed by atoms with Crippen LogP contribution in [0.2, 0.25) is 0 Å². The van der Waals surface area contributed by atoms with Crippen LogP contribution in [0.4, 0.5) is 0 Å². The van der Waals surface area contributed by atoms with Crippen LogP contribution < -0.4 is 0 Å². The van der Waals surface area contributed by atoms with E-state index in [1.165, 1.54) is 25.0 Å². The fraction of sp³-hybridized carbons (Fsp3) is 0.545. The number of nitrogens with zero attached hydrogens (tertiary/aromatic N) is 1. The lowest BCUT2D eigenvalue weighted by molar-refractivity contribution is 0.359. The van der Waals surface area contributed by atoms with E-state index in [4.69, 9.17) is 0 Å². The molecule has 70 valence electrons. The SMILES string of the molecule is CC1(Cc2cnc[nH]2)C=CCCC1. The Morgan fingerprint density at radius 2 is 2.54 bits per heavy atom. The molecule has 1 N–H and O–H groups in total. The molecule has 0 spiro atoms. The monoisotopic (exact) mass is 176 g/mol. The quantitative estimate of drug-likeness (QED) is 0.689. The maximum Gasteiger partial charge on any atom is 0.0921 e. The van der Waals surface area contributed by atoms with Crippen LogP contribution in [0.3, 0.4) is 0 Å². The maximum absolute atomic E-state index is 4.04. The van der Waals surface area contributed by atoms with Crippen molar-refractivity contribution in [1.82, 2.24) is 9.97 Å². The van der Waals surface area contributed by atoms with Gasteiger partial charge >= 0.3 is 0 Å². The van der Waals surface area contributed by atoms with Crippen molar-refractivity contribution < 1.29 is 0 Å². The molecule has 0 aromatic carbocycles. The second kappa shape index (κ2) is 3.36. The Bertz CT molecular complexity index is 287. The van der Waals surface area contributed by atoms with Crippen molar-refractivity contribution in [2.75, 3.05) is 0 Å². The molecule has 0 saturated carbocycles. The summed E-state index contributed by atoms with van der Waals surface area (Å²) in [5.41, 5.74) is 1.60. The van der Waals surface area contributed by atoms with E-state index in [2.05, 4.69) is 29.0 Å². The topological polar surface area (TPSA) is 28.7 Å². The van der Waals surface area contributed by atoms with E-state index in [0.717, 1.165) is 6.42 Å². The molecule has 1 heterocycles. The number of allylic oxidation sites excluding steroid dienone is 2. The number of aromatic amines is 1. The summed E-state index contributed by atoms with van der Waals surface area (Å²) < 4.78 is 0. The van der Waals surface area contributed by atoms with Gasteiger partial charge in [-0.05, 0) is 31.1 Å². The summed E-state index contributed by atoms with van der Waals surface area (Å²) in [6, 6.07) is 0. The summed E-state index contributed by atoms with van der Waals surface area (Å²) in [4.78, 5) is 7.20. The summed E-state index contributed by atoms with van der Waals surface area (Å²) in [5.74, 6) is 0. The highest BCUT2D eigenvalue weighted by atomic mass is 14.9. The van der Waals surface area contributed by atoms with Gasteiger partial charge in [0.25, 0.3) is 0 Å². The summed E-state index contributed by atoms with van der Waals surface area (Å²) in [5, 5.41) is 0. The lowest BCUT2D eigenvalue weighted by Crippen LogP contribution is -2.19. The van der Waals surface area contributed by atoms with E-state index in [0.29, 0.717) is 5.41 Å². The van der Waals surface area contributed by atoms with Crippen LogP contribution in [0, 0.1) is 5.41 Å². The standard InChI is InChI=1S/C11H16N2/c1-11(5-3-2-4-6-11)7-10-8-12-9-13-10/h3,5,8-9H,2,4,6-7H2,1H3,(H,12,13). The molecule has 13 heavy (non-hydrogen) atoms. The first-order valence-electron chi connectivity index (χ1n) is 4.93. The molecule has 1 aromatic rings. The predicted octanol–water partition coefficient (Wildman–Crippen LogP) is 2.70. The second-order valence-corrected chi connectivity index (χ2v) is 4.20. The Morgan fingerprint density at radius 1 is 1.62 bits per heavy atom. The Labute approximate surface area is 79.1 Å². The van der Waals surface area contributed by atoms with Gasteiger partial charge in [-0.25, -0.2) is 4.98 Å². The van der Waals surface area contributed by atoms with Gasteiger partial charge in [-0.15, -0.1) is 0 Å². The van der Waals surface area contributed by atoms with E-state index >= 15 is 0 Å². The predicted molar refractivity (Wildman–Crippen MR) is 53.4 cm³/mol. The highest BCUT2D eigenvalue weighted by molar-refractivity contribution is 5.08. The van der Waals surface area contributed by atoms with Gasteiger partial charge in [-0.3, -0.25) is 0 Å². The summed E-state index contributed by atoms with van der Waals surface area (Å²) in [7, 11) is 0. The molecule has 0 fully saturated rings. The Morgan fingerprint density at radius 3 is 3.15 bits per heavy atom. The smallest absolute Gasteiger partial charge is 0.0921 e. The molecule has 1 aromatic heterocycles. The fourth-order valence-corrected chi connectivity index (χ4v) is 2.04. The van der Waals surface area contributed by atoms with Crippen LogP contribution in [-0.4, -0.2) is 9.97 Å². The molecule has 1 aliphatic rings. The number of hydrogen-bond acceptors (Lipinski definition) is 1. The third-order valence-electron chi connectivity index (χ3n) is 2.79. The summed E-state index contributed by atoms with van der Waals surface area (Å²) in [6.45, 7) is 2.32. The first kappa shape index (κ1) is 8.54. The zero-order chi connectivity index (χ0) is 9.15. The normalized spacial score (nSPS) is 27.8. The largest absolute Gasteiger partial charge is 0.348 e. The van der Waals surface area contributed by atoms with Crippen LogP contribution >= 0.6 is 0 Å². The van der Waals surface area contributed by atoms with Crippen molar-refractivity contribution in [1.29, 1.82) is 0 Å². The summed E-state index contributed by atoms with van der Waals surface area (Å²) >= 11 is 0. The van der Waals surface area contributed by atoms with E-state index in [9.17, 15) is 0 Å². The number of hydrogen-bond donors (Lipinski definition) is 1. The number of aromatic nitrogens is 2. The molecular formula is C11H16N2. The van der Waals surface area contributed by atoms with Gasteiger partial charge < -0.3 is 4.98 Å². The Kier molecular flexibility index (Phi) is 2.21. The van der Waals surface area contributed by atoms with Crippen LogP contribution in [0.5, 0.6) is 0 Å². The van der Waals surface area contributed by atoms with Gasteiger partial charge in [0.05, 0.1) is 6.33 Å². The fourth-order valence-electron chi connectivity index (χ4n) is 2.04. The first-order valence-corrected chi connectivity index (χ1v) is 4.93. The number of imidazole rings is 1. The van der Waals surface area contributed by atoms with Crippen molar-refractivity contribution in [2.24, 2.45) is 5.41 Å². The van der Waals surface area contributed by atoms with Crippen LogP contribution in [0.15, 0.2) is 24.7 Å². The van der Waals surface area contributed by atoms with Crippen molar-refractivity contribution in [3.05, 3.63) is 30.4 Å². The molecule has 0 bridgehead atoms. The Hall–Kier alpha value is -1.05. The Balaban J connectivity index is 2.08. The van der Waals surface area contributed by atoms with Gasteiger partial charge in [0.15, 0.2) is 0 Å². The number of nitrogens with one attached hydrogen (secondary N) is 1. The highest BCUT2D eigenvalue weighted by Gasteiger charge is 2.23. The second-order valence-electron chi connectivity index (χ2n) is 4.20. The minimum atomic E-state index is 0.352. The van der Waals surface area contributed by atoms with Gasteiger partial charge in [0.1, 0.15) is 0 Å². The summed E-state index contributed by atoms with van der Waals surface area (Å²) in [6.07, 6.45) is 13.3. The lowest BCUT2D eigenvalue weighted by atomic mass is 9.77. The van der Waals surface area contributed by atoms with Gasteiger partial charge in [-0.1, -0.05) is 19.1 Å². The highest BCUT2D eigenvalue weighted by Crippen LogP contribution is 2.33. The zero-order valence-electron chi connectivity index (χ0n) is 8.09. The van der Waals surface area contributed by atoms with Gasteiger partial charge in [0.2, 0.25) is 0 Å². The molecule has 1 aliphatic carbocycles. The van der Waals surface area contributed by atoms with Gasteiger partial charge in [-0.2, -0.15) is 0 Å². The average Bonchev–Trinajstić information content (AvgIpc) is 2.57. The van der Waals surface area contributed by atoms with Crippen LogP contribution in [0.25, 0.3) is 0 Å². The van der Waals surface area contributed by atoms with E-state index < -0.39 is 0 Å². The molecule has 2 nitrogen and oxygen atoms in total. The van der Waals surface area contributed by atoms with Crippen molar-refractivity contribution in [3.63, 3.8) is 0 Å². The molecular weight excluding hydrogens is 160 g/mol. The molecule has 2 heteroatoms. The molecule has 1 unspecified atom stereocenters. The first-order chi connectivity index (χ1) is 6.29. The van der Waals surface area contributed by atoms with E-state index in [1.807, 2.05) is 6.20 Å². The van der Waals surface area contributed by atoms with Crippen molar-refractivity contribution >= 4 is 0 Å². The molecule has 0 radical (unpaired) electrons. The van der Waals surface area contributed by atoms with Gasteiger partial charge in [0, 0.05) is 11.9 Å². The minimum Gasteiger partial charge on any atom is -0.348 e. The van der Waals surface area contributed by atoms with Crippen LogP contribution in [-0.2, 0) is 6.42 Å². The molecule has 1 atom stereocenters. The molecule has 0 aliphatic heterocycles. The van der Waals surface area contributed by atoms with E-state index in [1.54, 1.807) is 6.33 Å². The molecule has 0 amide bonds. The molecule has 2 rings (SSSR count). The number of rotatable bonds is 2. The minimum absolute atomic E-state index is 0.352.